The number of aliphatic hydroxyl groups is 2. The van der Waals surface area contributed by atoms with Gasteiger partial charge in [0.15, 0.2) is 5.60 Å². The second-order valence-electron chi connectivity index (χ2n) is 5.54. The van der Waals surface area contributed by atoms with E-state index < -0.39 is 5.60 Å². The monoisotopic (exact) mass is 308 g/mol. The van der Waals surface area contributed by atoms with Crippen LogP contribution in [0.5, 0.6) is 0 Å². The van der Waals surface area contributed by atoms with Gasteiger partial charge in [-0.25, -0.2) is 0 Å². The molecule has 0 aliphatic carbocycles. The van der Waals surface area contributed by atoms with E-state index in [1.54, 1.807) is 0 Å². The van der Waals surface area contributed by atoms with E-state index in [1.165, 1.54) is 0 Å². The molecule has 0 saturated carbocycles. The molecule has 2 aromatic carbocycles. The Morgan fingerprint density at radius 3 is 1.87 bits per heavy atom. The molecule has 3 aromatic rings. The lowest BCUT2D eigenvalue weighted by atomic mass is 9.84. The van der Waals surface area contributed by atoms with E-state index >= 15 is 0 Å². The summed E-state index contributed by atoms with van der Waals surface area (Å²) >= 11 is 0. The molecule has 3 nitrogen and oxygen atoms in total. The van der Waals surface area contributed by atoms with Crippen molar-refractivity contribution in [3.8, 4) is 0 Å². The second kappa shape index (κ2) is 6.82. The Balaban J connectivity index is 2.08. The Hall–Kier alpha value is -2.36. The van der Waals surface area contributed by atoms with Gasteiger partial charge < -0.3 is 14.6 Å². The highest BCUT2D eigenvalue weighted by Gasteiger charge is 2.36. The van der Waals surface area contributed by atoms with Crippen LogP contribution in [0.1, 0.15) is 29.1 Å². The molecule has 118 valence electrons. The van der Waals surface area contributed by atoms with Crippen LogP contribution in [-0.4, -0.2) is 16.8 Å². The van der Waals surface area contributed by atoms with Crippen molar-refractivity contribution in [2.45, 2.75) is 18.4 Å². The van der Waals surface area contributed by atoms with Crippen LogP contribution in [0.4, 0.5) is 0 Å². The van der Waals surface area contributed by atoms with Crippen molar-refractivity contribution in [2.75, 3.05) is 6.61 Å². The lowest BCUT2D eigenvalue weighted by molar-refractivity contribution is 0.0972. The molecule has 0 spiro atoms. The molecule has 3 heteroatoms. The van der Waals surface area contributed by atoms with Gasteiger partial charge in [0.05, 0.1) is 0 Å². The van der Waals surface area contributed by atoms with Gasteiger partial charge in [-0.2, -0.15) is 0 Å². The minimum absolute atomic E-state index is 0.123. The number of aryl methyl sites for hydroxylation is 1. The summed E-state index contributed by atoms with van der Waals surface area (Å²) in [5, 5.41) is 20.5. The molecule has 0 bridgehead atoms. The van der Waals surface area contributed by atoms with Crippen LogP contribution < -0.4 is 0 Å². The zero-order valence-corrected chi connectivity index (χ0v) is 12.9. The van der Waals surface area contributed by atoms with Crippen molar-refractivity contribution >= 4 is 0 Å². The van der Waals surface area contributed by atoms with Gasteiger partial charge in [-0.3, -0.25) is 0 Å². The zero-order valence-electron chi connectivity index (χ0n) is 12.9. The average Bonchev–Trinajstić information content (AvgIpc) is 3.10. The van der Waals surface area contributed by atoms with Gasteiger partial charge in [0.2, 0.25) is 0 Å². The number of rotatable bonds is 6. The molecule has 1 heterocycles. The number of aliphatic hydroxyl groups excluding tert-OH is 1. The van der Waals surface area contributed by atoms with Crippen LogP contribution in [0.2, 0.25) is 0 Å². The first-order chi connectivity index (χ1) is 11.2. The standard InChI is InChI=1S/C20H20O3/c21-15-7-12-18-13-14-19(23-18)20(22,16-8-3-1-4-9-16)17-10-5-2-6-11-17/h1-6,8-11,13-14,21-22H,7,12,15H2. The highest BCUT2D eigenvalue weighted by molar-refractivity contribution is 5.43. The van der Waals surface area contributed by atoms with E-state index in [-0.39, 0.29) is 6.61 Å². The third-order valence-corrected chi connectivity index (χ3v) is 3.98. The maximum absolute atomic E-state index is 11.5. The lowest BCUT2D eigenvalue weighted by Gasteiger charge is -2.27. The zero-order chi connectivity index (χ0) is 16.1. The third kappa shape index (κ3) is 3.07. The van der Waals surface area contributed by atoms with E-state index in [0.29, 0.717) is 18.6 Å². The molecule has 2 N–H and O–H groups in total. The van der Waals surface area contributed by atoms with E-state index in [4.69, 9.17) is 9.52 Å². The summed E-state index contributed by atoms with van der Waals surface area (Å²) in [5.41, 5.74) is 0.184. The smallest absolute Gasteiger partial charge is 0.173 e. The van der Waals surface area contributed by atoms with E-state index in [9.17, 15) is 5.11 Å². The predicted octanol–water partition coefficient (Wildman–Crippen LogP) is 3.49. The topological polar surface area (TPSA) is 53.6 Å². The maximum Gasteiger partial charge on any atom is 0.173 e. The number of benzene rings is 2. The molecule has 0 saturated heterocycles. The van der Waals surface area contributed by atoms with Gasteiger partial charge in [-0.05, 0) is 29.7 Å². The Labute approximate surface area is 135 Å². The summed E-state index contributed by atoms with van der Waals surface area (Å²) in [6, 6.07) is 22.7. The molecule has 0 aliphatic rings. The largest absolute Gasteiger partial charge is 0.462 e. The van der Waals surface area contributed by atoms with Gasteiger partial charge in [0, 0.05) is 13.0 Å². The third-order valence-electron chi connectivity index (χ3n) is 3.98. The quantitative estimate of drug-likeness (QED) is 0.733. The number of hydrogen-bond donors (Lipinski definition) is 2. The molecule has 0 aliphatic heterocycles. The van der Waals surface area contributed by atoms with Gasteiger partial charge in [0.25, 0.3) is 0 Å². The van der Waals surface area contributed by atoms with Crippen LogP contribution in [-0.2, 0) is 12.0 Å². The minimum atomic E-state index is -1.33. The minimum Gasteiger partial charge on any atom is -0.462 e. The Morgan fingerprint density at radius 1 is 0.783 bits per heavy atom. The Kier molecular flexibility index (Phi) is 4.60. The molecule has 1 aromatic heterocycles. The van der Waals surface area contributed by atoms with Crippen molar-refractivity contribution in [2.24, 2.45) is 0 Å². The molecule has 3 rings (SSSR count). The fraction of sp³-hybridized carbons (Fsp3) is 0.200. The summed E-state index contributed by atoms with van der Waals surface area (Å²) in [6.45, 7) is 0.123. The summed E-state index contributed by atoms with van der Waals surface area (Å²) in [4.78, 5) is 0. The van der Waals surface area contributed by atoms with Crippen LogP contribution >= 0.6 is 0 Å². The normalized spacial score (nSPS) is 11.6. The average molecular weight is 308 g/mol. The molecule has 0 radical (unpaired) electrons. The van der Waals surface area contributed by atoms with Crippen molar-refractivity contribution in [3.05, 3.63) is 95.4 Å². The summed E-state index contributed by atoms with van der Waals surface area (Å²) in [5.74, 6) is 1.25. The highest BCUT2D eigenvalue weighted by atomic mass is 16.4. The Morgan fingerprint density at radius 2 is 1.35 bits per heavy atom. The first-order valence-electron chi connectivity index (χ1n) is 7.78. The van der Waals surface area contributed by atoms with Crippen molar-refractivity contribution < 1.29 is 14.6 Å². The van der Waals surface area contributed by atoms with E-state index in [0.717, 1.165) is 16.9 Å². The molecule has 23 heavy (non-hydrogen) atoms. The number of hydrogen-bond acceptors (Lipinski definition) is 3. The maximum atomic E-state index is 11.5. The molecular formula is C20H20O3. The van der Waals surface area contributed by atoms with Crippen LogP contribution in [0.25, 0.3) is 0 Å². The van der Waals surface area contributed by atoms with E-state index in [2.05, 4.69) is 0 Å². The van der Waals surface area contributed by atoms with Crippen LogP contribution in [0.15, 0.2) is 77.2 Å². The number of furan rings is 1. The van der Waals surface area contributed by atoms with Crippen molar-refractivity contribution in [1.82, 2.24) is 0 Å². The first kappa shape index (κ1) is 15.5. The van der Waals surface area contributed by atoms with Gasteiger partial charge in [-0.1, -0.05) is 60.7 Å². The molecular weight excluding hydrogens is 288 g/mol. The fourth-order valence-corrected chi connectivity index (χ4v) is 2.77. The van der Waals surface area contributed by atoms with Crippen molar-refractivity contribution in [3.63, 3.8) is 0 Å². The van der Waals surface area contributed by atoms with Gasteiger partial charge in [-0.15, -0.1) is 0 Å². The van der Waals surface area contributed by atoms with Gasteiger partial charge >= 0.3 is 0 Å². The molecule has 0 atom stereocenters. The van der Waals surface area contributed by atoms with Crippen molar-refractivity contribution in [1.29, 1.82) is 0 Å². The summed E-state index contributed by atoms with van der Waals surface area (Å²) < 4.78 is 5.90. The first-order valence-corrected chi connectivity index (χ1v) is 7.78. The highest BCUT2D eigenvalue weighted by Crippen LogP contribution is 2.37. The van der Waals surface area contributed by atoms with Gasteiger partial charge in [0.1, 0.15) is 11.5 Å². The van der Waals surface area contributed by atoms with Crippen LogP contribution in [0.3, 0.4) is 0 Å². The molecule has 0 fully saturated rings. The SMILES string of the molecule is OCCCc1ccc(C(O)(c2ccccc2)c2ccccc2)o1. The summed E-state index contributed by atoms with van der Waals surface area (Å²) in [6.07, 6.45) is 1.29. The Bertz CT molecular complexity index is 692. The molecule has 0 amide bonds. The van der Waals surface area contributed by atoms with E-state index in [1.807, 2.05) is 72.8 Å². The second-order valence-corrected chi connectivity index (χ2v) is 5.54. The molecule has 0 unspecified atom stereocenters. The summed E-state index contributed by atoms with van der Waals surface area (Å²) in [7, 11) is 0. The fourth-order valence-electron chi connectivity index (χ4n) is 2.77. The predicted molar refractivity (Wildman–Crippen MR) is 89.1 cm³/mol. The lowest BCUT2D eigenvalue weighted by Crippen LogP contribution is -2.28. The van der Waals surface area contributed by atoms with Crippen LogP contribution in [0, 0.1) is 0 Å².